The monoisotopic (exact) mass is 353 g/mol. The number of nitrogens with one attached hydrogen (secondary N) is 2. The predicted molar refractivity (Wildman–Crippen MR) is 98.0 cm³/mol. The van der Waals surface area contributed by atoms with Gasteiger partial charge in [0.25, 0.3) is 11.8 Å². The van der Waals surface area contributed by atoms with Gasteiger partial charge in [0, 0.05) is 31.5 Å². The van der Waals surface area contributed by atoms with Crippen LogP contribution in [0.15, 0.2) is 48.7 Å². The second-order valence-electron chi connectivity index (χ2n) is 6.27. The van der Waals surface area contributed by atoms with Gasteiger partial charge in [-0.05, 0) is 37.0 Å². The molecule has 0 spiro atoms. The predicted octanol–water partition coefficient (Wildman–Crippen LogP) is 1.96. The van der Waals surface area contributed by atoms with E-state index in [2.05, 4.69) is 15.6 Å². The lowest BCUT2D eigenvalue weighted by molar-refractivity contribution is 0.0857. The molecule has 0 radical (unpaired) electrons. The lowest BCUT2D eigenvalue weighted by Crippen LogP contribution is -2.32. The van der Waals surface area contributed by atoms with E-state index in [4.69, 9.17) is 4.74 Å². The number of rotatable bonds is 7. The maximum Gasteiger partial charge on any atom is 0.269 e. The maximum atomic E-state index is 12.3. The van der Waals surface area contributed by atoms with Crippen LogP contribution in [-0.2, 0) is 11.2 Å². The molecule has 1 unspecified atom stereocenters. The van der Waals surface area contributed by atoms with Crippen molar-refractivity contribution in [2.24, 2.45) is 0 Å². The first-order valence-corrected chi connectivity index (χ1v) is 8.90. The summed E-state index contributed by atoms with van der Waals surface area (Å²) in [6.45, 7) is 1.75. The van der Waals surface area contributed by atoms with Gasteiger partial charge in [-0.15, -0.1) is 0 Å². The van der Waals surface area contributed by atoms with Crippen LogP contribution in [0.3, 0.4) is 0 Å². The van der Waals surface area contributed by atoms with E-state index in [0.717, 1.165) is 31.4 Å². The first kappa shape index (κ1) is 18.1. The third-order valence-corrected chi connectivity index (χ3v) is 4.31. The summed E-state index contributed by atoms with van der Waals surface area (Å²) in [4.78, 5) is 28.6. The molecule has 2 aromatic rings. The minimum atomic E-state index is -0.283. The van der Waals surface area contributed by atoms with Crippen LogP contribution in [0.1, 0.15) is 39.3 Å². The largest absolute Gasteiger partial charge is 0.376 e. The summed E-state index contributed by atoms with van der Waals surface area (Å²) in [6, 6.07) is 13.1. The molecular weight excluding hydrogens is 330 g/mol. The molecule has 0 saturated carbocycles. The fourth-order valence-electron chi connectivity index (χ4n) is 2.87. The van der Waals surface area contributed by atoms with E-state index in [1.807, 2.05) is 30.3 Å². The van der Waals surface area contributed by atoms with Crippen LogP contribution >= 0.6 is 0 Å². The van der Waals surface area contributed by atoms with Crippen LogP contribution < -0.4 is 10.6 Å². The number of carbonyl (C=O) groups excluding carboxylic acids is 2. The Morgan fingerprint density at radius 1 is 1.12 bits per heavy atom. The van der Waals surface area contributed by atoms with Crippen LogP contribution in [0.4, 0.5) is 0 Å². The zero-order valence-electron chi connectivity index (χ0n) is 14.6. The molecule has 2 amide bonds. The standard InChI is InChI=1S/C20H23N3O3/c24-19(23-14-17-7-4-12-26-17)16-9-11-21-18(13-16)20(25)22-10-8-15-5-2-1-3-6-15/h1-3,5-6,9,11,13,17H,4,7-8,10,12,14H2,(H,22,25)(H,23,24). The summed E-state index contributed by atoms with van der Waals surface area (Å²) in [6.07, 6.45) is 4.30. The van der Waals surface area contributed by atoms with Gasteiger partial charge in [-0.1, -0.05) is 30.3 Å². The van der Waals surface area contributed by atoms with Crippen molar-refractivity contribution in [1.29, 1.82) is 0 Å². The topological polar surface area (TPSA) is 80.3 Å². The molecule has 3 rings (SSSR count). The summed E-state index contributed by atoms with van der Waals surface area (Å²) in [5, 5.41) is 5.69. The summed E-state index contributed by atoms with van der Waals surface area (Å²) >= 11 is 0. The van der Waals surface area contributed by atoms with E-state index in [1.54, 1.807) is 6.07 Å². The van der Waals surface area contributed by atoms with Crippen LogP contribution in [0.2, 0.25) is 0 Å². The van der Waals surface area contributed by atoms with Crippen LogP contribution in [0, 0.1) is 0 Å². The van der Waals surface area contributed by atoms with Gasteiger partial charge < -0.3 is 15.4 Å². The van der Waals surface area contributed by atoms with Gasteiger partial charge in [0.2, 0.25) is 0 Å². The van der Waals surface area contributed by atoms with Crippen molar-refractivity contribution in [2.45, 2.75) is 25.4 Å². The van der Waals surface area contributed by atoms with Gasteiger partial charge in [-0.3, -0.25) is 14.6 Å². The molecule has 6 heteroatoms. The Hall–Kier alpha value is -2.73. The summed E-state index contributed by atoms with van der Waals surface area (Å²) in [7, 11) is 0. The molecule has 1 aromatic heterocycles. The first-order chi connectivity index (χ1) is 12.7. The zero-order chi connectivity index (χ0) is 18.2. The maximum absolute atomic E-state index is 12.3. The quantitative estimate of drug-likeness (QED) is 0.797. The normalized spacial score (nSPS) is 16.2. The Morgan fingerprint density at radius 2 is 1.96 bits per heavy atom. The molecule has 1 aliphatic heterocycles. The van der Waals surface area contributed by atoms with Gasteiger partial charge in [0.1, 0.15) is 5.69 Å². The summed E-state index contributed by atoms with van der Waals surface area (Å²) in [5.41, 5.74) is 1.82. The molecule has 1 aliphatic rings. The van der Waals surface area contributed by atoms with Crippen LogP contribution in [0.25, 0.3) is 0 Å². The second kappa shape index (κ2) is 9.10. The molecule has 1 aromatic carbocycles. The number of nitrogens with zero attached hydrogens (tertiary/aromatic N) is 1. The lowest BCUT2D eigenvalue weighted by atomic mass is 10.1. The average Bonchev–Trinajstić information content (AvgIpc) is 3.20. The molecule has 1 saturated heterocycles. The highest BCUT2D eigenvalue weighted by Gasteiger charge is 2.17. The first-order valence-electron chi connectivity index (χ1n) is 8.90. The van der Waals surface area contributed by atoms with Crippen LogP contribution in [0.5, 0.6) is 0 Å². The number of aromatic nitrogens is 1. The molecule has 1 atom stereocenters. The Bertz CT molecular complexity index is 743. The van der Waals surface area contributed by atoms with E-state index in [-0.39, 0.29) is 23.6 Å². The zero-order valence-corrected chi connectivity index (χ0v) is 14.6. The fourth-order valence-corrected chi connectivity index (χ4v) is 2.87. The smallest absolute Gasteiger partial charge is 0.269 e. The minimum absolute atomic E-state index is 0.0848. The van der Waals surface area contributed by atoms with Gasteiger partial charge in [0.05, 0.1) is 6.10 Å². The van der Waals surface area contributed by atoms with Gasteiger partial charge in [0.15, 0.2) is 0 Å². The summed E-state index contributed by atoms with van der Waals surface area (Å²) in [5.74, 6) is -0.504. The number of benzene rings is 1. The Labute approximate surface area is 153 Å². The molecule has 6 nitrogen and oxygen atoms in total. The second-order valence-corrected chi connectivity index (χ2v) is 6.27. The molecule has 0 aliphatic carbocycles. The molecule has 1 fully saturated rings. The highest BCUT2D eigenvalue weighted by molar-refractivity contribution is 5.98. The van der Waals surface area contributed by atoms with Gasteiger partial charge >= 0.3 is 0 Å². The van der Waals surface area contributed by atoms with Crippen molar-refractivity contribution < 1.29 is 14.3 Å². The van der Waals surface area contributed by atoms with E-state index in [1.165, 1.54) is 12.3 Å². The van der Waals surface area contributed by atoms with Crippen LogP contribution in [-0.4, -0.2) is 42.6 Å². The molecule has 0 bridgehead atoms. The number of carbonyl (C=O) groups is 2. The van der Waals surface area contributed by atoms with Crippen molar-refractivity contribution in [1.82, 2.24) is 15.6 Å². The van der Waals surface area contributed by atoms with Crippen molar-refractivity contribution in [3.8, 4) is 0 Å². The van der Waals surface area contributed by atoms with Crippen molar-refractivity contribution in [2.75, 3.05) is 19.7 Å². The van der Waals surface area contributed by atoms with E-state index in [9.17, 15) is 9.59 Å². The third-order valence-electron chi connectivity index (χ3n) is 4.31. The average molecular weight is 353 g/mol. The third kappa shape index (κ3) is 5.13. The highest BCUT2D eigenvalue weighted by Crippen LogP contribution is 2.11. The number of hydrogen-bond acceptors (Lipinski definition) is 4. The number of hydrogen-bond donors (Lipinski definition) is 2. The highest BCUT2D eigenvalue weighted by atomic mass is 16.5. The minimum Gasteiger partial charge on any atom is -0.376 e. The van der Waals surface area contributed by atoms with E-state index >= 15 is 0 Å². The number of pyridine rings is 1. The van der Waals surface area contributed by atoms with E-state index < -0.39 is 0 Å². The van der Waals surface area contributed by atoms with Gasteiger partial charge in [-0.2, -0.15) is 0 Å². The van der Waals surface area contributed by atoms with E-state index in [0.29, 0.717) is 18.7 Å². The van der Waals surface area contributed by atoms with Crippen molar-refractivity contribution in [3.05, 3.63) is 65.5 Å². The molecular formula is C20H23N3O3. The number of amides is 2. The Balaban J connectivity index is 1.50. The lowest BCUT2D eigenvalue weighted by Gasteiger charge is -2.11. The molecule has 2 heterocycles. The van der Waals surface area contributed by atoms with Crippen molar-refractivity contribution >= 4 is 11.8 Å². The molecule has 2 N–H and O–H groups in total. The molecule has 26 heavy (non-hydrogen) atoms. The Morgan fingerprint density at radius 3 is 2.73 bits per heavy atom. The van der Waals surface area contributed by atoms with Crippen molar-refractivity contribution in [3.63, 3.8) is 0 Å². The SMILES string of the molecule is O=C(NCC1CCCO1)c1ccnc(C(=O)NCCc2ccccc2)c1. The van der Waals surface area contributed by atoms with Gasteiger partial charge in [-0.25, -0.2) is 0 Å². The Kier molecular flexibility index (Phi) is 6.33. The summed E-state index contributed by atoms with van der Waals surface area (Å²) < 4.78 is 5.49. The number of ether oxygens (including phenoxy) is 1. The fraction of sp³-hybridized carbons (Fsp3) is 0.350. The molecule has 136 valence electrons.